The van der Waals surface area contributed by atoms with Crippen LogP contribution in [-0.2, 0) is 4.79 Å². The van der Waals surface area contributed by atoms with E-state index < -0.39 is 28.4 Å². The second-order valence-corrected chi connectivity index (χ2v) is 5.96. The van der Waals surface area contributed by atoms with Gasteiger partial charge in [0.2, 0.25) is 0 Å². The van der Waals surface area contributed by atoms with Gasteiger partial charge < -0.3 is 10.0 Å². The molecule has 1 fully saturated rings. The summed E-state index contributed by atoms with van der Waals surface area (Å²) in [6, 6.07) is 1.24. The highest BCUT2D eigenvalue weighted by Gasteiger charge is 2.37. The van der Waals surface area contributed by atoms with Gasteiger partial charge in [0, 0.05) is 6.54 Å². The molecule has 21 heavy (non-hydrogen) atoms. The maximum absolute atomic E-state index is 13.5. The molecule has 0 aromatic heterocycles. The van der Waals surface area contributed by atoms with E-state index in [1.54, 1.807) is 6.92 Å². The number of nitro groups is 1. The summed E-state index contributed by atoms with van der Waals surface area (Å²) in [5, 5.41) is 20.5. The van der Waals surface area contributed by atoms with Crippen molar-refractivity contribution in [3.05, 3.63) is 32.5 Å². The zero-order valence-corrected chi connectivity index (χ0v) is 12.8. The first-order valence-electron chi connectivity index (χ1n) is 6.45. The highest BCUT2D eigenvalue weighted by Crippen LogP contribution is 2.38. The van der Waals surface area contributed by atoms with Gasteiger partial charge in [-0.3, -0.25) is 10.1 Å². The quantitative estimate of drug-likeness (QED) is 0.660. The van der Waals surface area contributed by atoms with Crippen LogP contribution in [0.3, 0.4) is 0 Å². The third-order valence-electron chi connectivity index (χ3n) is 3.71. The van der Waals surface area contributed by atoms with E-state index in [1.807, 2.05) is 0 Å². The third kappa shape index (κ3) is 2.99. The SMILES string of the molecule is CC1CCCN(c2cc(Br)c(F)cc2[N+](=O)[O-])C1C(=O)O. The van der Waals surface area contributed by atoms with Gasteiger partial charge in [0.15, 0.2) is 0 Å². The topological polar surface area (TPSA) is 83.7 Å². The molecule has 1 N–H and O–H groups in total. The van der Waals surface area contributed by atoms with Gasteiger partial charge >= 0.3 is 5.97 Å². The highest BCUT2D eigenvalue weighted by atomic mass is 79.9. The smallest absolute Gasteiger partial charge is 0.326 e. The van der Waals surface area contributed by atoms with Gasteiger partial charge in [-0.2, -0.15) is 0 Å². The number of carbonyl (C=O) groups is 1. The van der Waals surface area contributed by atoms with Crippen LogP contribution in [0.25, 0.3) is 0 Å². The van der Waals surface area contributed by atoms with E-state index in [9.17, 15) is 24.4 Å². The zero-order chi connectivity index (χ0) is 15.7. The molecule has 2 rings (SSSR count). The minimum absolute atomic E-state index is 0.0745. The number of hydrogen-bond acceptors (Lipinski definition) is 4. The summed E-state index contributed by atoms with van der Waals surface area (Å²) in [7, 11) is 0. The van der Waals surface area contributed by atoms with Crippen molar-refractivity contribution in [3.8, 4) is 0 Å². The van der Waals surface area contributed by atoms with E-state index in [1.165, 1.54) is 11.0 Å². The molecule has 0 radical (unpaired) electrons. The first-order valence-corrected chi connectivity index (χ1v) is 7.25. The van der Waals surface area contributed by atoms with E-state index in [2.05, 4.69) is 15.9 Å². The number of hydrogen-bond donors (Lipinski definition) is 1. The van der Waals surface area contributed by atoms with E-state index >= 15 is 0 Å². The summed E-state index contributed by atoms with van der Waals surface area (Å²) in [6.45, 7) is 2.19. The number of nitro benzene ring substituents is 1. The molecule has 2 unspecified atom stereocenters. The molecule has 1 aliphatic rings. The first kappa shape index (κ1) is 15.7. The van der Waals surface area contributed by atoms with Crippen LogP contribution in [-0.4, -0.2) is 28.6 Å². The predicted octanol–water partition coefficient (Wildman–Crippen LogP) is 3.19. The molecule has 8 heteroatoms. The van der Waals surface area contributed by atoms with Gasteiger partial charge in [-0.1, -0.05) is 6.92 Å². The molecular formula is C13H14BrFN2O4. The van der Waals surface area contributed by atoms with Crippen molar-refractivity contribution in [1.29, 1.82) is 0 Å². The lowest BCUT2D eigenvalue weighted by molar-refractivity contribution is -0.384. The van der Waals surface area contributed by atoms with Crippen LogP contribution >= 0.6 is 15.9 Å². The van der Waals surface area contributed by atoms with Crippen LogP contribution in [0.4, 0.5) is 15.8 Å². The zero-order valence-electron chi connectivity index (χ0n) is 11.3. The van der Waals surface area contributed by atoms with E-state index in [0.717, 1.165) is 18.9 Å². The number of anilines is 1. The lowest BCUT2D eigenvalue weighted by Crippen LogP contribution is -2.49. The van der Waals surface area contributed by atoms with Crippen LogP contribution in [0.5, 0.6) is 0 Å². The molecule has 6 nitrogen and oxygen atoms in total. The van der Waals surface area contributed by atoms with Gasteiger partial charge in [0.25, 0.3) is 5.69 Å². The van der Waals surface area contributed by atoms with Crippen LogP contribution in [0.1, 0.15) is 19.8 Å². The average Bonchev–Trinajstić information content (AvgIpc) is 2.40. The molecule has 0 spiro atoms. The van der Waals surface area contributed by atoms with E-state index in [4.69, 9.17) is 0 Å². The average molecular weight is 361 g/mol. The highest BCUT2D eigenvalue weighted by molar-refractivity contribution is 9.10. The molecule has 1 aromatic carbocycles. The lowest BCUT2D eigenvalue weighted by atomic mass is 9.90. The Bertz CT molecular complexity index is 596. The molecule has 1 aromatic rings. The number of carboxylic acid groups (broad SMARTS) is 1. The Labute approximate surface area is 128 Å². The lowest BCUT2D eigenvalue weighted by Gasteiger charge is -2.38. The summed E-state index contributed by atoms with van der Waals surface area (Å²) in [4.78, 5) is 23.4. The van der Waals surface area contributed by atoms with Gasteiger partial charge in [0.05, 0.1) is 15.5 Å². The summed E-state index contributed by atoms with van der Waals surface area (Å²) >= 11 is 3.00. The Kier molecular flexibility index (Phi) is 4.46. The number of rotatable bonds is 3. The van der Waals surface area contributed by atoms with Crippen LogP contribution in [0.15, 0.2) is 16.6 Å². The van der Waals surface area contributed by atoms with Crippen LogP contribution in [0.2, 0.25) is 0 Å². The monoisotopic (exact) mass is 360 g/mol. The molecular weight excluding hydrogens is 347 g/mol. The fourth-order valence-electron chi connectivity index (χ4n) is 2.74. The fraction of sp³-hybridized carbons (Fsp3) is 0.462. The number of halogens is 2. The Balaban J connectivity index is 2.55. The minimum atomic E-state index is -1.03. The Morgan fingerprint density at radius 1 is 1.57 bits per heavy atom. The van der Waals surface area contributed by atoms with Crippen molar-refractivity contribution in [2.24, 2.45) is 5.92 Å². The molecule has 114 valence electrons. The number of aliphatic carboxylic acids is 1. The molecule has 0 aliphatic carbocycles. The van der Waals surface area contributed by atoms with Gasteiger partial charge in [-0.05, 0) is 40.8 Å². The fourth-order valence-corrected chi connectivity index (χ4v) is 3.07. The number of benzene rings is 1. The van der Waals surface area contributed by atoms with E-state index in [-0.39, 0.29) is 16.1 Å². The molecule has 1 heterocycles. The van der Waals surface area contributed by atoms with Crippen molar-refractivity contribution in [2.45, 2.75) is 25.8 Å². The van der Waals surface area contributed by atoms with Crippen molar-refractivity contribution in [3.63, 3.8) is 0 Å². The van der Waals surface area contributed by atoms with Gasteiger partial charge in [-0.25, -0.2) is 9.18 Å². The molecule has 1 saturated heterocycles. The normalized spacial score (nSPS) is 22.1. The molecule has 2 atom stereocenters. The van der Waals surface area contributed by atoms with Crippen LogP contribution < -0.4 is 4.90 Å². The second kappa shape index (κ2) is 5.97. The summed E-state index contributed by atoms with van der Waals surface area (Å²) < 4.78 is 13.6. The molecule has 1 aliphatic heterocycles. The van der Waals surface area contributed by atoms with E-state index in [0.29, 0.717) is 6.54 Å². The van der Waals surface area contributed by atoms with Gasteiger partial charge in [-0.15, -0.1) is 0 Å². The summed E-state index contributed by atoms with van der Waals surface area (Å²) in [6.07, 6.45) is 1.47. The predicted molar refractivity (Wildman–Crippen MR) is 77.9 cm³/mol. The first-order chi connectivity index (χ1) is 9.82. The summed E-state index contributed by atoms with van der Waals surface area (Å²) in [5.41, 5.74) is -0.289. The molecule has 0 saturated carbocycles. The molecule has 0 amide bonds. The largest absolute Gasteiger partial charge is 0.480 e. The number of carboxylic acids is 1. The van der Waals surface area contributed by atoms with Crippen LogP contribution in [0, 0.1) is 21.8 Å². The summed E-state index contributed by atoms with van der Waals surface area (Å²) in [5.74, 6) is -1.92. The maximum Gasteiger partial charge on any atom is 0.326 e. The maximum atomic E-state index is 13.5. The van der Waals surface area contributed by atoms with Crippen molar-refractivity contribution < 1.29 is 19.2 Å². The minimum Gasteiger partial charge on any atom is -0.480 e. The molecule has 0 bridgehead atoms. The Morgan fingerprint density at radius 2 is 2.24 bits per heavy atom. The van der Waals surface area contributed by atoms with Gasteiger partial charge in [0.1, 0.15) is 17.5 Å². The van der Waals surface area contributed by atoms with Crippen molar-refractivity contribution >= 4 is 33.3 Å². The second-order valence-electron chi connectivity index (χ2n) is 5.11. The number of nitrogens with zero attached hydrogens (tertiary/aromatic N) is 2. The van der Waals surface area contributed by atoms with Crippen molar-refractivity contribution in [2.75, 3.05) is 11.4 Å². The Hall–Kier alpha value is -1.70. The standard InChI is InChI=1S/C13H14BrFN2O4/c1-7-3-2-4-16(12(7)13(18)19)10-5-8(14)9(15)6-11(10)17(20)21/h5-7,12H,2-4H2,1H3,(H,18,19). The van der Waals surface area contributed by atoms with Crippen molar-refractivity contribution in [1.82, 2.24) is 0 Å². The third-order valence-corrected chi connectivity index (χ3v) is 4.32. The Morgan fingerprint density at radius 3 is 2.81 bits per heavy atom. The number of piperidine rings is 1.